The van der Waals surface area contributed by atoms with Crippen molar-refractivity contribution >= 4 is 5.91 Å². The highest BCUT2D eigenvalue weighted by molar-refractivity contribution is 5.75. The predicted octanol–water partition coefficient (Wildman–Crippen LogP) is 1.36. The van der Waals surface area contributed by atoms with Gasteiger partial charge in [-0.15, -0.1) is 0 Å². The second kappa shape index (κ2) is 6.88. The number of carbonyl (C=O) groups is 1. The summed E-state index contributed by atoms with van der Waals surface area (Å²) >= 11 is 0. The number of benzene rings is 1. The van der Waals surface area contributed by atoms with E-state index in [9.17, 15) is 9.59 Å². The molecule has 0 aliphatic heterocycles. The van der Waals surface area contributed by atoms with Crippen LogP contribution < -0.4 is 10.9 Å². The lowest BCUT2D eigenvalue weighted by molar-refractivity contribution is -0.122. The Bertz CT molecular complexity index is 829. The fraction of sp³-hybridized carbons (Fsp3) is 0.294. The van der Waals surface area contributed by atoms with Gasteiger partial charge in [-0.3, -0.25) is 9.59 Å². The van der Waals surface area contributed by atoms with Crippen molar-refractivity contribution in [1.29, 1.82) is 5.26 Å². The van der Waals surface area contributed by atoms with Crippen LogP contribution in [0.1, 0.15) is 27.9 Å². The number of carbonyl (C=O) groups excluding carboxylic acids is 1. The zero-order chi connectivity index (χ0) is 17.0. The molecule has 0 unspecified atom stereocenters. The fourth-order valence-corrected chi connectivity index (χ4v) is 2.11. The topological polar surface area (TPSA) is 87.8 Å². The summed E-state index contributed by atoms with van der Waals surface area (Å²) in [6, 6.07) is 9.68. The van der Waals surface area contributed by atoms with Crippen LogP contribution in [0.2, 0.25) is 0 Å². The number of aromatic nitrogens is 2. The van der Waals surface area contributed by atoms with E-state index >= 15 is 0 Å². The first kappa shape index (κ1) is 16.4. The highest BCUT2D eigenvalue weighted by atomic mass is 16.2. The standard InChI is InChI=1S/C17H18N4O2/c1-11-4-6-14(7-5-11)9-19-16(22)10-21-17(23)15(8-18)12(2)13(3)20-21/h4-7H,9-10H2,1-3H3,(H,19,22). The number of nitrogens with zero attached hydrogens (tertiary/aromatic N) is 3. The first-order chi connectivity index (χ1) is 10.9. The Labute approximate surface area is 134 Å². The van der Waals surface area contributed by atoms with Crippen LogP contribution in [0.3, 0.4) is 0 Å². The Morgan fingerprint density at radius 2 is 1.91 bits per heavy atom. The summed E-state index contributed by atoms with van der Waals surface area (Å²) in [4.78, 5) is 24.1. The van der Waals surface area contributed by atoms with Crippen LogP contribution in [-0.4, -0.2) is 15.7 Å². The summed E-state index contributed by atoms with van der Waals surface area (Å²) < 4.78 is 1.03. The normalized spacial score (nSPS) is 10.2. The molecular formula is C17H18N4O2. The molecule has 0 atom stereocenters. The molecule has 118 valence electrons. The predicted molar refractivity (Wildman–Crippen MR) is 85.7 cm³/mol. The summed E-state index contributed by atoms with van der Waals surface area (Å²) in [6.45, 7) is 5.54. The van der Waals surface area contributed by atoms with Gasteiger partial charge < -0.3 is 5.32 Å². The molecule has 0 saturated carbocycles. The molecule has 1 amide bonds. The molecule has 2 rings (SSSR count). The van der Waals surface area contributed by atoms with E-state index in [2.05, 4.69) is 10.4 Å². The number of hydrogen-bond donors (Lipinski definition) is 1. The molecule has 0 fully saturated rings. The average Bonchev–Trinajstić information content (AvgIpc) is 2.53. The third-order valence-corrected chi connectivity index (χ3v) is 3.65. The molecule has 1 heterocycles. The Hall–Kier alpha value is -2.94. The van der Waals surface area contributed by atoms with Gasteiger partial charge in [-0.25, -0.2) is 4.68 Å². The minimum Gasteiger partial charge on any atom is -0.350 e. The van der Waals surface area contributed by atoms with Gasteiger partial charge in [0.05, 0.1) is 5.69 Å². The van der Waals surface area contributed by atoms with Gasteiger partial charge >= 0.3 is 0 Å². The van der Waals surface area contributed by atoms with Crippen LogP contribution >= 0.6 is 0 Å². The highest BCUT2D eigenvalue weighted by Gasteiger charge is 2.13. The molecule has 6 heteroatoms. The number of amides is 1. The maximum atomic E-state index is 12.1. The minimum absolute atomic E-state index is 0.0313. The quantitative estimate of drug-likeness (QED) is 0.923. The van der Waals surface area contributed by atoms with Crippen molar-refractivity contribution in [3.05, 3.63) is 62.6 Å². The van der Waals surface area contributed by atoms with Crippen molar-refractivity contribution in [3.8, 4) is 6.07 Å². The zero-order valence-electron chi connectivity index (χ0n) is 13.4. The number of nitriles is 1. The lowest BCUT2D eigenvalue weighted by Gasteiger charge is -2.09. The van der Waals surface area contributed by atoms with Crippen LogP contribution in [0.4, 0.5) is 0 Å². The third kappa shape index (κ3) is 3.83. The molecule has 0 bridgehead atoms. The summed E-state index contributed by atoms with van der Waals surface area (Å²) in [7, 11) is 0. The monoisotopic (exact) mass is 310 g/mol. The van der Waals surface area contributed by atoms with E-state index in [1.807, 2.05) is 37.3 Å². The Morgan fingerprint density at radius 1 is 1.26 bits per heavy atom. The van der Waals surface area contributed by atoms with E-state index in [4.69, 9.17) is 5.26 Å². The molecule has 23 heavy (non-hydrogen) atoms. The van der Waals surface area contributed by atoms with Crippen molar-refractivity contribution in [2.75, 3.05) is 0 Å². The lowest BCUT2D eigenvalue weighted by Crippen LogP contribution is -2.35. The highest BCUT2D eigenvalue weighted by Crippen LogP contribution is 2.05. The molecule has 2 aromatic rings. The molecule has 0 aliphatic carbocycles. The van der Waals surface area contributed by atoms with Gasteiger partial charge in [-0.2, -0.15) is 10.4 Å². The van der Waals surface area contributed by atoms with E-state index in [1.165, 1.54) is 0 Å². The fourth-order valence-electron chi connectivity index (χ4n) is 2.11. The first-order valence-electron chi connectivity index (χ1n) is 7.23. The van der Waals surface area contributed by atoms with Crippen molar-refractivity contribution in [1.82, 2.24) is 15.1 Å². The van der Waals surface area contributed by atoms with E-state index in [0.717, 1.165) is 15.8 Å². The van der Waals surface area contributed by atoms with Gasteiger partial charge in [0.2, 0.25) is 5.91 Å². The first-order valence-corrected chi connectivity index (χ1v) is 7.23. The van der Waals surface area contributed by atoms with Gasteiger partial charge in [-0.05, 0) is 31.9 Å². The van der Waals surface area contributed by atoms with Gasteiger partial charge in [0.25, 0.3) is 5.56 Å². The SMILES string of the molecule is Cc1ccc(CNC(=O)Cn2nc(C)c(C)c(C#N)c2=O)cc1. The molecule has 0 saturated heterocycles. The summed E-state index contributed by atoms with van der Waals surface area (Å²) in [6.07, 6.45) is 0. The average molecular weight is 310 g/mol. The number of hydrogen-bond acceptors (Lipinski definition) is 4. The Balaban J connectivity index is 2.09. The summed E-state index contributed by atoms with van der Waals surface area (Å²) in [5, 5.41) is 15.9. The van der Waals surface area contributed by atoms with E-state index < -0.39 is 5.56 Å². The van der Waals surface area contributed by atoms with E-state index in [1.54, 1.807) is 13.8 Å². The van der Waals surface area contributed by atoms with Gasteiger partial charge in [0, 0.05) is 6.54 Å². The molecule has 1 N–H and O–H groups in total. The molecule has 1 aromatic heterocycles. The number of nitrogens with one attached hydrogen (secondary N) is 1. The van der Waals surface area contributed by atoms with Gasteiger partial charge in [0.1, 0.15) is 18.2 Å². The van der Waals surface area contributed by atoms with Crippen molar-refractivity contribution < 1.29 is 4.79 Å². The van der Waals surface area contributed by atoms with Gasteiger partial charge in [0.15, 0.2) is 0 Å². The number of aryl methyl sites for hydroxylation is 2. The lowest BCUT2D eigenvalue weighted by atomic mass is 10.1. The smallest absolute Gasteiger partial charge is 0.285 e. The second-order valence-corrected chi connectivity index (χ2v) is 5.42. The zero-order valence-corrected chi connectivity index (χ0v) is 13.4. The van der Waals surface area contributed by atoms with Crippen LogP contribution in [0.15, 0.2) is 29.1 Å². The van der Waals surface area contributed by atoms with Crippen LogP contribution in [0, 0.1) is 32.1 Å². The molecule has 6 nitrogen and oxygen atoms in total. The van der Waals surface area contributed by atoms with E-state index in [0.29, 0.717) is 17.8 Å². The summed E-state index contributed by atoms with van der Waals surface area (Å²) in [5.41, 5.74) is 2.73. The molecule has 0 spiro atoms. The second-order valence-electron chi connectivity index (χ2n) is 5.42. The molecular weight excluding hydrogens is 292 g/mol. The summed E-state index contributed by atoms with van der Waals surface area (Å²) in [5.74, 6) is -0.327. The minimum atomic E-state index is -0.541. The van der Waals surface area contributed by atoms with Crippen LogP contribution in [0.5, 0.6) is 0 Å². The van der Waals surface area contributed by atoms with Crippen molar-refractivity contribution in [2.45, 2.75) is 33.9 Å². The molecule has 0 aliphatic rings. The van der Waals surface area contributed by atoms with Crippen molar-refractivity contribution in [2.24, 2.45) is 0 Å². The van der Waals surface area contributed by atoms with Crippen molar-refractivity contribution in [3.63, 3.8) is 0 Å². The van der Waals surface area contributed by atoms with Gasteiger partial charge in [-0.1, -0.05) is 29.8 Å². The molecule has 0 radical (unpaired) electrons. The number of rotatable bonds is 4. The Morgan fingerprint density at radius 3 is 2.52 bits per heavy atom. The largest absolute Gasteiger partial charge is 0.350 e. The third-order valence-electron chi connectivity index (χ3n) is 3.65. The van der Waals surface area contributed by atoms with Crippen LogP contribution in [-0.2, 0) is 17.9 Å². The molecule has 1 aromatic carbocycles. The Kier molecular flexibility index (Phi) is 4.91. The maximum Gasteiger partial charge on any atom is 0.285 e. The maximum absolute atomic E-state index is 12.1. The van der Waals surface area contributed by atoms with E-state index in [-0.39, 0.29) is 18.0 Å². The van der Waals surface area contributed by atoms with Crippen LogP contribution in [0.25, 0.3) is 0 Å².